The molecule has 0 aliphatic carbocycles. The minimum Gasteiger partial charge on any atom is -0.366 e. The number of aromatic nitrogens is 3. The predicted molar refractivity (Wildman–Crippen MR) is 118 cm³/mol. The lowest BCUT2D eigenvalue weighted by molar-refractivity contribution is -0.141. The lowest BCUT2D eigenvalue weighted by Gasteiger charge is -2.16. The molecule has 0 fully saturated rings. The van der Waals surface area contributed by atoms with Crippen molar-refractivity contribution in [1.82, 2.24) is 14.8 Å². The number of halogens is 3. The monoisotopic (exact) mass is 484 g/mol. The Kier molecular flexibility index (Phi) is 5.58. The van der Waals surface area contributed by atoms with Gasteiger partial charge in [-0.1, -0.05) is 18.2 Å². The normalized spacial score (nSPS) is 11.5. The molecule has 0 saturated carbocycles. The van der Waals surface area contributed by atoms with Crippen molar-refractivity contribution in [1.29, 1.82) is 5.26 Å². The molecule has 0 radical (unpaired) electrons. The summed E-state index contributed by atoms with van der Waals surface area (Å²) in [5.41, 5.74) is 8.18. The second kappa shape index (κ2) is 8.27. The lowest BCUT2D eigenvalue weighted by atomic mass is 9.92. The molecule has 0 spiro atoms. The third-order valence-electron chi connectivity index (χ3n) is 5.17. The van der Waals surface area contributed by atoms with E-state index in [0.29, 0.717) is 9.75 Å². The van der Waals surface area contributed by atoms with Gasteiger partial charge in [0.2, 0.25) is 5.91 Å². The summed E-state index contributed by atoms with van der Waals surface area (Å²) >= 11 is 1.11. The van der Waals surface area contributed by atoms with Gasteiger partial charge < -0.3 is 11.5 Å². The van der Waals surface area contributed by atoms with Gasteiger partial charge in [0, 0.05) is 27.1 Å². The molecular weight excluding hydrogens is 469 g/mol. The fourth-order valence-electron chi connectivity index (χ4n) is 3.76. The van der Waals surface area contributed by atoms with E-state index in [9.17, 15) is 22.8 Å². The van der Waals surface area contributed by atoms with Crippen LogP contribution in [-0.4, -0.2) is 26.6 Å². The number of rotatable bonds is 5. The highest BCUT2D eigenvalue weighted by Gasteiger charge is 2.41. The number of amides is 2. The Balaban J connectivity index is 2.08. The Bertz CT molecular complexity index is 1510. The topological polar surface area (TPSA) is 141 Å². The second-order valence-electron chi connectivity index (χ2n) is 7.30. The molecule has 2 amide bonds. The van der Waals surface area contributed by atoms with Gasteiger partial charge in [-0.25, -0.2) is 4.98 Å². The zero-order chi connectivity index (χ0) is 24.8. The molecule has 0 bridgehead atoms. The van der Waals surface area contributed by atoms with Crippen molar-refractivity contribution in [2.75, 3.05) is 0 Å². The van der Waals surface area contributed by atoms with E-state index in [1.165, 1.54) is 19.1 Å². The number of carbonyl (C=O) groups excluding carboxylic acids is 2. The molecule has 1 aromatic carbocycles. The van der Waals surface area contributed by atoms with Crippen LogP contribution in [0, 0.1) is 18.3 Å². The Labute approximate surface area is 194 Å². The molecule has 0 saturated heterocycles. The van der Waals surface area contributed by atoms with Gasteiger partial charge >= 0.3 is 6.18 Å². The van der Waals surface area contributed by atoms with Crippen LogP contribution in [-0.2, 0) is 12.7 Å². The largest absolute Gasteiger partial charge is 0.435 e. The van der Waals surface area contributed by atoms with Crippen LogP contribution in [0.5, 0.6) is 0 Å². The smallest absolute Gasteiger partial charge is 0.366 e. The van der Waals surface area contributed by atoms with Gasteiger partial charge in [0.1, 0.15) is 16.6 Å². The van der Waals surface area contributed by atoms with Gasteiger partial charge in [0.05, 0.1) is 17.6 Å². The molecule has 8 nitrogen and oxygen atoms in total. The van der Waals surface area contributed by atoms with Crippen molar-refractivity contribution < 1.29 is 22.8 Å². The number of thiophene rings is 1. The van der Waals surface area contributed by atoms with E-state index in [0.717, 1.165) is 16.0 Å². The Hall–Kier alpha value is -4.24. The van der Waals surface area contributed by atoms with Crippen molar-refractivity contribution >= 4 is 34.1 Å². The molecule has 0 atom stereocenters. The van der Waals surface area contributed by atoms with Crippen LogP contribution in [0.4, 0.5) is 13.2 Å². The van der Waals surface area contributed by atoms with E-state index in [1.54, 1.807) is 24.3 Å². The van der Waals surface area contributed by atoms with Crippen molar-refractivity contribution in [3.05, 3.63) is 68.8 Å². The van der Waals surface area contributed by atoms with Crippen LogP contribution in [0.1, 0.15) is 42.0 Å². The summed E-state index contributed by atoms with van der Waals surface area (Å²) in [4.78, 5) is 29.9. The van der Waals surface area contributed by atoms with Gasteiger partial charge in [-0.3, -0.25) is 14.3 Å². The van der Waals surface area contributed by atoms with E-state index in [-0.39, 0.29) is 28.7 Å². The summed E-state index contributed by atoms with van der Waals surface area (Å²) in [5.74, 6) is -2.17. The summed E-state index contributed by atoms with van der Waals surface area (Å²) < 4.78 is 43.5. The number of pyridine rings is 1. The van der Waals surface area contributed by atoms with Gasteiger partial charge in [0.15, 0.2) is 5.69 Å². The van der Waals surface area contributed by atoms with Crippen LogP contribution >= 0.6 is 11.3 Å². The quantitative estimate of drug-likeness (QED) is 0.445. The fourth-order valence-corrected chi connectivity index (χ4v) is 4.55. The minimum absolute atomic E-state index is 0.0151. The van der Waals surface area contributed by atoms with Crippen LogP contribution in [0.3, 0.4) is 0 Å². The highest BCUT2D eigenvalue weighted by atomic mass is 32.1. The molecular formula is C22H15F3N6O2S. The summed E-state index contributed by atoms with van der Waals surface area (Å²) in [5, 5.41) is 12.9. The first-order chi connectivity index (χ1) is 16.0. The first kappa shape index (κ1) is 22.9. The van der Waals surface area contributed by atoms with E-state index in [4.69, 9.17) is 16.7 Å². The summed E-state index contributed by atoms with van der Waals surface area (Å²) in [6.07, 6.45) is -4.94. The van der Waals surface area contributed by atoms with Gasteiger partial charge in [-0.2, -0.15) is 23.5 Å². The number of hydrogen-bond acceptors (Lipinski definition) is 6. The molecule has 172 valence electrons. The standard InChI is InChI=1S/C22H15F3N6O2S/c1-10-15(19(22(23,24)25)30-31(10)9-12-7-6-11(8-26)34-12)17-16(20(27)32)13-4-2-3-5-14(13)29-18(17)21(28)33/h2-7H,9H2,1H3,(H2,27,32)(H2,28,33). The van der Waals surface area contributed by atoms with Crippen LogP contribution in [0.2, 0.25) is 0 Å². The third kappa shape index (κ3) is 3.86. The lowest BCUT2D eigenvalue weighted by Crippen LogP contribution is -2.21. The summed E-state index contributed by atoms with van der Waals surface area (Å²) in [6, 6.07) is 11.2. The maximum Gasteiger partial charge on any atom is 0.435 e. The molecule has 0 unspecified atom stereocenters. The minimum atomic E-state index is -4.94. The fraction of sp³-hybridized carbons (Fsp3) is 0.136. The predicted octanol–water partition coefficient (Wildman–Crippen LogP) is 3.60. The number of fused-ring (bicyclic) bond motifs is 1. The second-order valence-corrected chi connectivity index (χ2v) is 8.47. The molecule has 4 aromatic rings. The SMILES string of the molecule is Cc1c(-c2c(C(N)=O)nc3ccccc3c2C(N)=O)c(C(F)(F)F)nn1Cc1ccc(C#N)s1. The molecule has 4 N–H and O–H groups in total. The maximum absolute atomic E-state index is 14.1. The Morgan fingerprint density at radius 3 is 2.41 bits per heavy atom. The first-order valence-corrected chi connectivity index (χ1v) is 10.5. The van der Waals surface area contributed by atoms with E-state index in [1.807, 2.05) is 6.07 Å². The van der Waals surface area contributed by atoms with Crippen molar-refractivity contribution in [2.45, 2.75) is 19.6 Å². The highest BCUT2D eigenvalue weighted by Crippen LogP contribution is 2.42. The Morgan fingerprint density at radius 1 is 1.12 bits per heavy atom. The Morgan fingerprint density at radius 2 is 1.82 bits per heavy atom. The first-order valence-electron chi connectivity index (χ1n) is 9.69. The highest BCUT2D eigenvalue weighted by molar-refractivity contribution is 7.12. The number of hydrogen-bond donors (Lipinski definition) is 2. The zero-order valence-corrected chi connectivity index (χ0v) is 18.3. The molecule has 4 rings (SSSR count). The van der Waals surface area contributed by atoms with Crippen LogP contribution < -0.4 is 11.5 Å². The number of benzene rings is 1. The number of para-hydroxylation sites is 1. The van der Waals surface area contributed by atoms with Crippen LogP contribution in [0.15, 0.2) is 36.4 Å². The van der Waals surface area contributed by atoms with Gasteiger partial charge in [-0.15, -0.1) is 11.3 Å². The van der Waals surface area contributed by atoms with Crippen molar-refractivity contribution in [3.8, 4) is 17.2 Å². The number of primary amides is 2. The van der Waals surface area contributed by atoms with Crippen LogP contribution in [0.25, 0.3) is 22.0 Å². The molecule has 12 heteroatoms. The zero-order valence-electron chi connectivity index (χ0n) is 17.5. The average Bonchev–Trinajstić information content (AvgIpc) is 3.36. The molecule has 0 aliphatic heterocycles. The molecule has 3 aromatic heterocycles. The molecule has 0 aliphatic rings. The number of carbonyl (C=O) groups is 2. The number of alkyl halides is 3. The van der Waals surface area contributed by atoms with E-state index >= 15 is 0 Å². The van der Waals surface area contributed by atoms with Crippen molar-refractivity contribution in [3.63, 3.8) is 0 Å². The maximum atomic E-state index is 14.1. The van der Waals surface area contributed by atoms with E-state index < -0.39 is 40.5 Å². The summed E-state index contributed by atoms with van der Waals surface area (Å²) in [6.45, 7) is 1.31. The number of nitriles is 1. The third-order valence-corrected chi connectivity index (χ3v) is 6.15. The number of nitrogens with zero attached hydrogens (tertiary/aromatic N) is 4. The number of nitrogens with two attached hydrogens (primary N) is 2. The molecule has 3 heterocycles. The van der Waals surface area contributed by atoms with Gasteiger partial charge in [-0.05, 0) is 25.1 Å². The van der Waals surface area contributed by atoms with E-state index in [2.05, 4.69) is 10.1 Å². The molecule has 34 heavy (non-hydrogen) atoms. The summed E-state index contributed by atoms with van der Waals surface area (Å²) in [7, 11) is 0. The average molecular weight is 484 g/mol. The van der Waals surface area contributed by atoms with Crippen molar-refractivity contribution in [2.24, 2.45) is 11.5 Å². The van der Waals surface area contributed by atoms with Gasteiger partial charge in [0.25, 0.3) is 5.91 Å².